The highest BCUT2D eigenvalue weighted by Crippen LogP contribution is 2.64. The molecule has 3 aliphatic carbocycles. The molecule has 0 aromatic heterocycles. The van der Waals surface area contributed by atoms with Gasteiger partial charge in [-0.2, -0.15) is 0 Å². The van der Waals surface area contributed by atoms with Gasteiger partial charge in [0.1, 0.15) is 0 Å². The molecular formula is C74H50N2. The van der Waals surface area contributed by atoms with Gasteiger partial charge in [0.15, 0.2) is 0 Å². The van der Waals surface area contributed by atoms with E-state index in [2.05, 4.69) is 259 Å². The molecule has 12 aromatic rings. The summed E-state index contributed by atoms with van der Waals surface area (Å²) in [5, 5.41) is 0. The molecule has 0 fully saturated rings. The Labute approximate surface area is 451 Å². The highest BCUT2D eigenvalue weighted by atomic mass is 15.1. The van der Waals surface area contributed by atoms with E-state index in [1.807, 2.05) is 24.3 Å². The molecule has 0 saturated heterocycles. The highest BCUT2D eigenvalue weighted by molar-refractivity contribution is 5.98. The van der Waals surface area contributed by atoms with Crippen molar-refractivity contribution in [2.24, 2.45) is 0 Å². The molecule has 0 heterocycles. The number of hydrogen-bond acceptors (Lipinski definition) is 2. The molecule has 2 heteroatoms. The predicted molar refractivity (Wildman–Crippen MR) is 315 cm³/mol. The number of anilines is 6. The summed E-state index contributed by atoms with van der Waals surface area (Å²) in [7, 11) is 0. The molecule has 0 amide bonds. The number of rotatable bonds is 9. The van der Waals surface area contributed by atoms with Gasteiger partial charge < -0.3 is 9.80 Å². The van der Waals surface area contributed by atoms with E-state index >= 15 is 0 Å². The van der Waals surface area contributed by atoms with Gasteiger partial charge in [-0.05, 0) is 162 Å². The smallest absolute Gasteiger partial charge is 0.0727 e. The fraction of sp³-hybridized carbons (Fsp3) is 0.0270. The van der Waals surface area contributed by atoms with Crippen molar-refractivity contribution in [3.05, 3.63) is 348 Å². The summed E-state index contributed by atoms with van der Waals surface area (Å²) < 4.78 is 43.3. The van der Waals surface area contributed by atoms with Crippen molar-refractivity contribution < 1.29 is 6.85 Å². The monoisotopic (exact) mass is 971 g/mol. The van der Waals surface area contributed by atoms with Crippen molar-refractivity contribution in [2.45, 2.75) is 10.8 Å². The Bertz CT molecular complexity index is 4350. The third kappa shape index (κ3) is 6.41. The van der Waals surface area contributed by atoms with E-state index in [0.29, 0.717) is 5.56 Å². The number of benzene rings is 12. The van der Waals surface area contributed by atoms with Gasteiger partial charge in [-0.15, -0.1) is 0 Å². The Morgan fingerprint density at radius 3 is 0.987 bits per heavy atom. The summed E-state index contributed by atoms with van der Waals surface area (Å²) in [6.45, 7) is 0. The van der Waals surface area contributed by atoms with Crippen LogP contribution in [0.25, 0.3) is 44.5 Å². The summed E-state index contributed by atoms with van der Waals surface area (Å²) in [5.74, 6) is 0. The zero-order chi connectivity index (χ0) is 54.6. The zero-order valence-corrected chi connectivity index (χ0v) is 41.4. The lowest BCUT2D eigenvalue weighted by Gasteiger charge is -2.35. The maximum absolute atomic E-state index is 8.93. The lowest BCUT2D eigenvalue weighted by molar-refractivity contribution is 0.768. The van der Waals surface area contributed by atoms with Gasteiger partial charge in [0, 0.05) is 34.1 Å². The molecule has 3 aliphatic rings. The molecule has 12 aromatic carbocycles. The Kier molecular flexibility index (Phi) is 8.91. The molecule has 15 rings (SSSR count). The first kappa shape index (κ1) is 38.8. The number of para-hydroxylation sites is 2. The van der Waals surface area contributed by atoms with Crippen LogP contribution < -0.4 is 9.80 Å². The minimum absolute atomic E-state index is 0.165. The van der Waals surface area contributed by atoms with Crippen LogP contribution in [0.5, 0.6) is 0 Å². The second kappa shape index (κ2) is 17.4. The largest absolute Gasteiger partial charge is 0.310 e. The van der Waals surface area contributed by atoms with Crippen molar-refractivity contribution in [1.29, 1.82) is 0 Å². The molecule has 0 bridgehead atoms. The first-order valence-corrected chi connectivity index (χ1v) is 26.0. The van der Waals surface area contributed by atoms with Crippen molar-refractivity contribution in [2.75, 3.05) is 9.80 Å². The maximum atomic E-state index is 8.93. The van der Waals surface area contributed by atoms with Crippen LogP contribution >= 0.6 is 0 Å². The lowest BCUT2D eigenvalue weighted by Crippen LogP contribution is -2.28. The van der Waals surface area contributed by atoms with Crippen LogP contribution in [-0.4, -0.2) is 0 Å². The number of nitrogens with zero attached hydrogens (tertiary/aromatic N) is 2. The van der Waals surface area contributed by atoms with Gasteiger partial charge in [0.25, 0.3) is 0 Å². The predicted octanol–water partition coefficient (Wildman–Crippen LogP) is 19.0. The SMILES string of the molecule is [2H]c1c([2H])c([2H])c(-c2ccc(N(c3ccc4c(c3)C(c3ccccc3)(c3ccccc3)c3ccccc3-4)c3ccc4c(c3)C3(c5ccccc5-c5ccc(N(c6ccccc6)c6ccccc6)cc53)c3ccccc3-4)cc2)c([2H])c1[2H]. The van der Waals surface area contributed by atoms with E-state index in [-0.39, 0.29) is 29.7 Å². The quantitative estimate of drug-likeness (QED) is 0.142. The highest BCUT2D eigenvalue weighted by Gasteiger charge is 2.52. The van der Waals surface area contributed by atoms with Crippen LogP contribution in [-0.2, 0) is 10.8 Å². The van der Waals surface area contributed by atoms with Crippen LogP contribution in [0, 0.1) is 0 Å². The van der Waals surface area contributed by atoms with Crippen LogP contribution in [0.15, 0.2) is 303 Å². The normalized spacial score (nSPS) is 15.7. The van der Waals surface area contributed by atoms with Crippen molar-refractivity contribution in [1.82, 2.24) is 0 Å². The number of fused-ring (bicyclic) bond motifs is 13. The maximum Gasteiger partial charge on any atom is 0.0727 e. The minimum atomic E-state index is -0.713. The standard InChI is InChI=1S/C74H50N2/c1-6-22-51(23-7-1)52-38-40-57(41-39-52)76(59-43-45-64-61-32-16-19-35-67(61)73(70(64)48-59,53-24-8-2-9-25-53)54-26-10-3-11-27-54)60-44-47-66-63-34-18-21-37-69(63)74(72(66)50-60)68-36-20-17-33-62(68)65-46-42-58(49-71(65)74)75(55-28-12-4-13-29-55)56-30-14-5-15-31-56/h1-50H/i1D,6D,7D,22D,23D. The van der Waals surface area contributed by atoms with E-state index < -0.39 is 16.9 Å². The Hall–Kier alpha value is -9.76. The third-order valence-corrected chi connectivity index (χ3v) is 16.2. The van der Waals surface area contributed by atoms with Crippen molar-refractivity contribution >= 4 is 34.1 Å². The van der Waals surface area contributed by atoms with E-state index in [1.165, 1.54) is 66.8 Å². The summed E-state index contributed by atoms with van der Waals surface area (Å²) in [6.07, 6.45) is 0. The van der Waals surface area contributed by atoms with E-state index in [1.54, 1.807) is 0 Å². The molecule has 1 spiro atoms. The molecule has 2 nitrogen and oxygen atoms in total. The fourth-order valence-electron chi connectivity index (χ4n) is 13.2. The summed E-state index contributed by atoms with van der Waals surface area (Å²) >= 11 is 0. The van der Waals surface area contributed by atoms with Gasteiger partial charge in [-0.3, -0.25) is 0 Å². The van der Waals surface area contributed by atoms with Crippen molar-refractivity contribution in [3.63, 3.8) is 0 Å². The fourth-order valence-corrected chi connectivity index (χ4v) is 13.2. The molecule has 356 valence electrons. The topological polar surface area (TPSA) is 6.48 Å². The Morgan fingerprint density at radius 1 is 0.237 bits per heavy atom. The van der Waals surface area contributed by atoms with Gasteiger partial charge >= 0.3 is 0 Å². The van der Waals surface area contributed by atoms with E-state index in [9.17, 15) is 0 Å². The van der Waals surface area contributed by atoms with Gasteiger partial charge in [-0.1, -0.05) is 230 Å². The average molecular weight is 972 g/mol. The van der Waals surface area contributed by atoms with Crippen LogP contribution in [0.1, 0.15) is 51.4 Å². The van der Waals surface area contributed by atoms with E-state index in [4.69, 9.17) is 6.85 Å². The van der Waals surface area contributed by atoms with Crippen LogP contribution in [0.2, 0.25) is 0 Å². The summed E-state index contributed by atoms with van der Waals surface area (Å²) in [4.78, 5) is 4.68. The van der Waals surface area contributed by atoms with Crippen molar-refractivity contribution in [3.8, 4) is 44.5 Å². The Morgan fingerprint density at radius 2 is 0.553 bits per heavy atom. The first-order valence-electron chi connectivity index (χ1n) is 28.5. The molecular weight excluding hydrogens is 917 g/mol. The summed E-state index contributed by atoms with van der Waals surface area (Å²) in [5.41, 5.74) is 21.9. The molecule has 0 radical (unpaired) electrons. The van der Waals surface area contributed by atoms with Gasteiger partial charge in [0.05, 0.1) is 17.7 Å². The molecule has 76 heavy (non-hydrogen) atoms. The molecule has 1 unspecified atom stereocenters. The van der Waals surface area contributed by atoms with E-state index in [0.717, 1.165) is 45.3 Å². The molecule has 0 N–H and O–H groups in total. The van der Waals surface area contributed by atoms with Crippen LogP contribution in [0.3, 0.4) is 0 Å². The average Bonchev–Trinajstić information content (AvgIpc) is 3.09. The molecule has 1 atom stereocenters. The molecule has 0 aliphatic heterocycles. The molecule has 0 saturated carbocycles. The van der Waals surface area contributed by atoms with Gasteiger partial charge in [-0.25, -0.2) is 0 Å². The second-order valence-electron chi connectivity index (χ2n) is 19.9. The Balaban J connectivity index is 0.987. The van der Waals surface area contributed by atoms with Crippen LogP contribution in [0.4, 0.5) is 34.1 Å². The number of hydrogen-bond donors (Lipinski definition) is 0. The van der Waals surface area contributed by atoms with Gasteiger partial charge in [0.2, 0.25) is 0 Å². The minimum Gasteiger partial charge on any atom is -0.310 e. The first-order chi connectivity index (χ1) is 39.8. The summed E-state index contributed by atoms with van der Waals surface area (Å²) in [6, 6.07) is 96.6. The zero-order valence-electron chi connectivity index (χ0n) is 46.4. The lowest BCUT2D eigenvalue weighted by atomic mass is 9.67. The second-order valence-corrected chi connectivity index (χ2v) is 19.9. The third-order valence-electron chi connectivity index (χ3n) is 16.2.